The van der Waals surface area contributed by atoms with Crippen LogP contribution < -0.4 is 5.32 Å². The van der Waals surface area contributed by atoms with E-state index in [1.807, 2.05) is 56.3 Å². The summed E-state index contributed by atoms with van der Waals surface area (Å²) in [5.74, 6) is -0.597. The van der Waals surface area contributed by atoms with Gasteiger partial charge in [-0.1, -0.05) is 24.3 Å². The number of aryl methyl sites for hydroxylation is 2. The lowest BCUT2D eigenvalue weighted by molar-refractivity contribution is 0.102. The molecule has 0 aliphatic rings. The maximum absolute atomic E-state index is 13.3. The van der Waals surface area contributed by atoms with Crippen LogP contribution in [0.3, 0.4) is 0 Å². The number of hydrogen-bond acceptors (Lipinski definition) is 2. The standard InChI is InChI=1S/C22H18FN3O/c1-14-11-15(2)13-17(12-14)24-22(27)21-19-5-3-4-6-20(19)26(25-21)18-9-7-16(23)8-10-18/h3-13H,1-2H3,(H,24,27). The molecule has 1 amide bonds. The lowest BCUT2D eigenvalue weighted by Crippen LogP contribution is -2.13. The summed E-state index contributed by atoms with van der Waals surface area (Å²) < 4.78 is 14.9. The fourth-order valence-corrected chi connectivity index (χ4v) is 3.25. The van der Waals surface area contributed by atoms with E-state index in [4.69, 9.17) is 0 Å². The summed E-state index contributed by atoms with van der Waals surface area (Å²) in [5.41, 5.74) is 4.69. The number of halogens is 1. The van der Waals surface area contributed by atoms with Crippen molar-refractivity contribution in [3.05, 3.63) is 89.4 Å². The van der Waals surface area contributed by atoms with Crippen LogP contribution in [0.1, 0.15) is 21.6 Å². The van der Waals surface area contributed by atoms with Crippen LogP contribution in [0.15, 0.2) is 66.7 Å². The molecule has 0 fully saturated rings. The van der Waals surface area contributed by atoms with Gasteiger partial charge in [-0.2, -0.15) is 5.10 Å². The minimum absolute atomic E-state index is 0.280. The Morgan fingerprint density at radius 3 is 2.33 bits per heavy atom. The average molecular weight is 359 g/mol. The summed E-state index contributed by atoms with van der Waals surface area (Å²) in [6.07, 6.45) is 0. The molecule has 4 nitrogen and oxygen atoms in total. The number of aromatic nitrogens is 2. The van der Waals surface area contributed by atoms with Crippen LogP contribution in [0.5, 0.6) is 0 Å². The highest BCUT2D eigenvalue weighted by atomic mass is 19.1. The van der Waals surface area contributed by atoms with Crippen LogP contribution in [0, 0.1) is 19.7 Å². The van der Waals surface area contributed by atoms with E-state index in [-0.39, 0.29) is 11.7 Å². The summed E-state index contributed by atoms with van der Waals surface area (Å²) in [6, 6.07) is 19.4. The molecule has 0 saturated carbocycles. The molecule has 0 atom stereocenters. The Bertz CT molecular complexity index is 1130. The van der Waals surface area contributed by atoms with Gasteiger partial charge in [0.05, 0.1) is 11.2 Å². The first-order valence-corrected chi connectivity index (χ1v) is 8.64. The van der Waals surface area contributed by atoms with E-state index in [9.17, 15) is 9.18 Å². The predicted molar refractivity (Wildman–Crippen MR) is 105 cm³/mol. The highest BCUT2D eigenvalue weighted by molar-refractivity contribution is 6.11. The highest BCUT2D eigenvalue weighted by Crippen LogP contribution is 2.23. The predicted octanol–water partition coefficient (Wildman–Crippen LogP) is 5.03. The maximum atomic E-state index is 13.3. The quantitative estimate of drug-likeness (QED) is 0.557. The zero-order valence-electron chi connectivity index (χ0n) is 15.0. The van der Waals surface area contributed by atoms with E-state index in [1.54, 1.807) is 16.8 Å². The van der Waals surface area contributed by atoms with E-state index < -0.39 is 0 Å². The van der Waals surface area contributed by atoms with Crippen molar-refractivity contribution in [2.75, 3.05) is 5.32 Å². The second kappa shape index (κ2) is 6.68. The van der Waals surface area contributed by atoms with Crippen molar-refractivity contribution in [1.82, 2.24) is 9.78 Å². The van der Waals surface area contributed by atoms with Gasteiger partial charge in [-0.15, -0.1) is 0 Å². The van der Waals surface area contributed by atoms with Crippen LogP contribution >= 0.6 is 0 Å². The van der Waals surface area contributed by atoms with Crippen molar-refractivity contribution in [3.63, 3.8) is 0 Å². The average Bonchev–Trinajstić information content (AvgIpc) is 3.01. The molecule has 3 aromatic carbocycles. The molecule has 1 aromatic heterocycles. The Labute approximate surface area is 156 Å². The smallest absolute Gasteiger partial charge is 0.276 e. The molecule has 134 valence electrons. The Hall–Kier alpha value is -3.47. The van der Waals surface area contributed by atoms with Crippen LogP contribution in [-0.4, -0.2) is 15.7 Å². The first-order chi connectivity index (χ1) is 13.0. The van der Waals surface area contributed by atoms with Gasteiger partial charge >= 0.3 is 0 Å². The summed E-state index contributed by atoms with van der Waals surface area (Å²) in [4.78, 5) is 12.9. The summed E-state index contributed by atoms with van der Waals surface area (Å²) in [6.45, 7) is 3.97. The molecule has 5 heteroatoms. The number of benzene rings is 3. The molecule has 0 aliphatic carbocycles. The molecule has 4 aromatic rings. The fourth-order valence-electron chi connectivity index (χ4n) is 3.25. The second-order valence-corrected chi connectivity index (χ2v) is 6.58. The van der Waals surface area contributed by atoms with Crippen molar-refractivity contribution >= 4 is 22.5 Å². The van der Waals surface area contributed by atoms with Gasteiger partial charge in [0.2, 0.25) is 0 Å². The number of amides is 1. The number of para-hydroxylation sites is 1. The van der Waals surface area contributed by atoms with Gasteiger partial charge < -0.3 is 5.32 Å². The molecule has 0 bridgehead atoms. The maximum Gasteiger partial charge on any atom is 0.276 e. The SMILES string of the molecule is Cc1cc(C)cc(NC(=O)c2nn(-c3ccc(F)cc3)c3ccccc23)c1. The zero-order chi connectivity index (χ0) is 19.0. The van der Waals surface area contributed by atoms with Gasteiger partial charge in [-0.05, 0) is 67.4 Å². The van der Waals surface area contributed by atoms with Crippen LogP contribution in [-0.2, 0) is 0 Å². The summed E-state index contributed by atoms with van der Waals surface area (Å²) >= 11 is 0. The van der Waals surface area contributed by atoms with E-state index in [2.05, 4.69) is 10.4 Å². The second-order valence-electron chi connectivity index (χ2n) is 6.58. The number of carbonyl (C=O) groups excluding carboxylic acids is 1. The van der Waals surface area contributed by atoms with Gasteiger partial charge in [0.1, 0.15) is 5.82 Å². The van der Waals surface area contributed by atoms with Crippen LogP contribution in [0.2, 0.25) is 0 Å². The van der Waals surface area contributed by atoms with Crippen LogP contribution in [0.25, 0.3) is 16.6 Å². The number of rotatable bonds is 3. The molecule has 0 radical (unpaired) electrons. The Morgan fingerprint density at radius 2 is 1.63 bits per heavy atom. The van der Waals surface area contributed by atoms with Crippen molar-refractivity contribution in [1.29, 1.82) is 0 Å². The zero-order valence-corrected chi connectivity index (χ0v) is 15.0. The van der Waals surface area contributed by atoms with E-state index in [1.165, 1.54) is 12.1 Å². The van der Waals surface area contributed by atoms with E-state index in [0.717, 1.165) is 27.7 Å². The Kier molecular flexibility index (Phi) is 4.20. The van der Waals surface area contributed by atoms with Gasteiger partial charge in [0.15, 0.2) is 5.69 Å². The highest BCUT2D eigenvalue weighted by Gasteiger charge is 2.18. The number of nitrogens with zero attached hydrogens (tertiary/aromatic N) is 2. The monoisotopic (exact) mass is 359 g/mol. The lowest BCUT2D eigenvalue weighted by Gasteiger charge is -2.06. The molecule has 0 unspecified atom stereocenters. The normalized spacial score (nSPS) is 10.9. The van der Waals surface area contributed by atoms with Crippen molar-refractivity contribution in [3.8, 4) is 5.69 Å². The first-order valence-electron chi connectivity index (χ1n) is 8.64. The Balaban J connectivity index is 1.77. The van der Waals surface area contributed by atoms with Crippen molar-refractivity contribution in [2.45, 2.75) is 13.8 Å². The van der Waals surface area contributed by atoms with Gasteiger partial charge in [0, 0.05) is 11.1 Å². The molecule has 27 heavy (non-hydrogen) atoms. The third-order valence-corrected chi connectivity index (χ3v) is 4.35. The molecule has 4 rings (SSSR count). The molecule has 1 N–H and O–H groups in total. The summed E-state index contributed by atoms with van der Waals surface area (Å²) in [5, 5.41) is 8.18. The summed E-state index contributed by atoms with van der Waals surface area (Å²) in [7, 11) is 0. The molecular weight excluding hydrogens is 341 g/mol. The number of hydrogen-bond donors (Lipinski definition) is 1. The third-order valence-electron chi connectivity index (χ3n) is 4.35. The topological polar surface area (TPSA) is 46.9 Å². The molecular formula is C22H18FN3O. The van der Waals surface area contributed by atoms with Gasteiger partial charge in [0.25, 0.3) is 5.91 Å². The number of nitrogens with one attached hydrogen (secondary N) is 1. The lowest BCUT2D eigenvalue weighted by atomic mass is 10.1. The van der Waals surface area contributed by atoms with Crippen molar-refractivity contribution in [2.24, 2.45) is 0 Å². The molecule has 0 aliphatic heterocycles. The third kappa shape index (κ3) is 3.31. The number of anilines is 1. The van der Waals surface area contributed by atoms with E-state index in [0.29, 0.717) is 11.4 Å². The van der Waals surface area contributed by atoms with Gasteiger partial charge in [-0.25, -0.2) is 9.07 Å². The largest absolute Gasteiger partial charge is 0.321 e. The van der Waals surface area contributed by atoms with Crippen molar-refractivity contribution < 1.29 is 9.18 Å². The molecule has 1 heterocycles. The Morgan fingerprint density at radius 1 is 0.963 bits per heavy atom. The minimum atomic E-state index is -0.317. The molecule has 0 saturated heterocycles. The minimum Gasteiger partial charge on any atom is -0.321 e. The number of fused-ring (bicyclic) bond motifs is 1. The van der Waals surface area contributed by atoms with Crippen LogP contribution in [0.4, 0.5) is 10.1 Å². The molecule has 0 spiro atoms. The number of carbonyl (C=O) groups is 1. The van der Waals surface area contributed by atoms with E-state index >= 15 is 0 Å². The fraction of sp³-hybridized carbons (Fsp3) is 0.0909. The first kappa shape index (κ1) is 17.0. The van der Waals surface area contributed by atoms with Gasteiger partial charge in [-0.3, -0.25) is 4.79 Å².